The number of hydrogen-bond donors (Lipinski definition) is 0. The van der Waals surface area contributed by atoms with Gasteiger partial charge < -0.3 is 14.2 Å². The second kappa shape index (κ2) is 10.6. The SMILES string of the molecule is COc1cc(/C=C2/C(=O)N(CC3CCCO3)C(=O)C(C#N)=C2C)ccc1OCc1ccc(C)cc1. The zero-order chi connectivity index (χ0) is 24.9. The summed E-state index contributed by atoms with van der Waals surface area (Å²) in [5.41, 5.74) is 3.55. The summed E-state index contributed by atoms with van der Waals surface area (Å²) in [5.74, 6) is 0.0928. The molecule has 0 aliphatic carbocycles. The standard InChI is InChI=1S/C28H28N2O5/c1-18-6-8-20(9-7-18)17-35-25-11-10-21(14-26(25)33-3)13-23-19(2)24(15-29)28(32)30(27(23)31)16-22-5-4-12-34-22/h6-11,13-14,22H,4-5,12,16-17H2,1-3H3/b23-13+. The lowest BCUT2D eigenvalue weighted by Crippen LogP contribution is -2.46. The van der Waals surface area contributed by atoms with Crippen molar-refractivity contribution >= 4 is 17.9 Å². The monoisotopic (exact) mass is 472 g/mol. The molecule has 2 heterocycles. The third kappa shape index (κ3) is 5.28. The van der Waals surface area contributed by atoms with Crippen LogP contribution in [0.2, 0.25) is 0 Å². The molecular formula is C28H28N2O5. The van der Waals surface area contributed by atoms with Gasteiger partial charge in [0.05, 0.1) is 19.8 Å². The van der Waals surface area contributed by atoms with Gasteiger partial charge in [-0.25, -0.2) is 0 Å². The minimum atomic E-state index is -0.569. The average Bonchev–Trinajstić information content (AvgIpc) is 3.38. The molecule has 1 fully saturated rings. The molecule has 2 amide bonds. The lowest BCUT2D eigenvalue weighted by atomic mass is 9.93. The topological polar surface area (TPSA) is 88.9 Å². The van der Waals surface area contributed by atoms with Gasteiger partial charge in [-0.3, -0.25) is 14.5 Å². The summed E-state index contributed by atoms with van der Waals surface area (Å²) < 4.78 is 17.1. The second-order valence-corrected chi connectivity index (χ2v) is 8.71. The maximum absolute atomic E-state index is 13.3. The second-order valence-electron chi connectivity index (χ2n) is 8.71. The summed E-state index contributed by atoms with van der Waals surface area (Å²) in [7, 11) is 1.55. The van der Waals surface area contributed by atoms with Crippen molar-refractivity contribution in [1.29, 1.82) is 5.26 Å². The van der Waals surface area contributed by atoms with Crippen LogP contribution in [0.25, 0.3) is 6.08 Å². The van der Waals surface area contributed by atoms with E-state index in [1.807, 2.05) is 43.3 Å². The van der Waals surface area contributed by atoms with E-state index in [1.165, 1.54) is 5.56 Å². The van der Waals surface area contributed by atoms with E-state index in [1.54, 1.807) is 32.2 Å². The lowest BCUT2D eigenvalue weighted by molar-refractivity contribution is -0.142. The van der Waals surface area contributed by atoms with Crippen LogP contribution in [0.3, 0.4) is 0 Å². The number of carbonyl (C=O) groups is 2. The molecule has 35 heavy (non-hydrogen) atoms. The minimum absolute atomic E-state index is 0.0288. The predicted molar refractivity (Wildman–Crippen MR) is 130 cm³/mol. The first kappa shape index (κ1) is 24.2. The van der Waals surface area contributed by atoms with Gasteiger partial charge >= 0.3 is 0 Å². The van der Waals surface area contributed by atoms with Gasteiger partial charge in [-0.1, -0.05) is 35.9 Å². The van der Waals surface area contributed by atoms with Crippen molar-refractivity contribution in [3.63, 3.8) is 0 Å². The van der Waals surface area contributed by atoms with Gasteiger partial charge in [0.2, 0.25) is 0 Å². The molecule has 2 aliphatic rings. The van der Waals surface area contributed by atoms with Crippen molar-refractivity contribution < 1.29 is 23.8 Å². The molecule has 7 nitrogen and oxygen atoms in total. The molecule has 7 heteroatoms. The number of imide groups is 1. The number of rotatable bonds is 7. The van der Waals surface area contributed by atoms with Crippen LogP contribution in [0.15, 0.2) is 59.2 Å². The number of methoxy groups -OCH3 is 1. The zero-order valence-electron chi connectivity index (χ0n) is 20.2. The Morgan fingerprint density at radius 2 is 1.89 bits per heavy atom. The van der Waals surface area contributed by atoms with E-state index < -0.39 is 11.8 Å². The number of ether oxygens (including phenoxy) is 3. The fraction of sp³-hybridized carbons (Fsp3) is 0.321. The van der Waals surface area contributed by atoms with Crippen LogP contribution in [0, 0.1) is 18.3 Å². The third-order valence-corrected chi connectivity index (χ3v) is 6.25. The number of carbonyl (C=O) groups excluding carboxylic acids is 2. The third-order valence-electron chi connectivity index (χ3n) is 6.25. The first-order valence-corrected chi connectivity index (χ1v) is 11.6. The summed E-state index contributed by atoms with van der Waals surface area (Å²) in [5, 5.41) is 9.61. The van der Waals surface area contributed by atoms with Gasteiger partial charge in [-0.05, 0) is 61.6 Å². The molecule has 0 N–H and O–H groups in total. The fourth-order valence-corrected chi connectivity index (χ4v) is 4.19. The van der Waals surface area contributed by atoms with E-state index in [0.29, 0.717) is 41.4 Å². The maximum atomic E-state index is 13.3. The predicted octanol–water partition coefficient (Wildman–Crippen LogP) is 4.35. The molecule has 1 unspecified atom stereocenters. The number of nitrogens with zero attached hydrogens (tertiary/aromatic N) is 2. The first-order valence-electron chi connectivity index (χ1n) is 11.6. The normalized spacial score (nSPS) is 19.3. The van der Waals surface area contributed by atoms with Crippen LogP contribution in [-0.4, -0.2) is 43.1 Å². The number of aryl methyl sites for hydroxylation is 1. The molecule has 2 aromatic rings. The minimum Gasteiger partial charge on any atom is -0.493 e. The van der Waals surface area contributed by atoms with E-state index in [4.69, 9.17) is 14.2 Å². The van der Waals surface area contributed by atoms with Crippen molar-refractivity contribution in [2.45, 2.75) is 39.4 Å². The quantitative estimate of drug-likeness (QED) is 0.440. The van der Waals surface area contributed by atoms with Crippen LogP contribution < -0.4 is 9.47 Å². The molecule has 0 radical (unpaired) electrons. The lowest BCUT2D eigenvalue weighted by Gasteiger charge is -2.29. The average molecular weight is 473 g/mol. The van der Waals surface area contributed by atoms with Crippen LogP contribution >= 0.6 is 0 Å². The van der Waals surface area contributed by atoms with Crippen molar-refractivity contribution in [2.75, 3.05) is 20.3 Å². The number of amides is 2. The Labute approximate surface area is 205 Å². The summed E-state index contributed by atoms with van der Waals surface area (Å²) in [6.45, 7) is 4.81. The molecule has 0 saturated carbocycles. The Hall–Kier alpha value is -3.89. The molecule has 1 saturated heterocycles. The van der Waals surface area contributed by atoms with Crippen molar-refractivity contribution in [3.8, 4) is 17.6 Å². The van der Waals surface area contributed by atoms with Gasteiger partial charge in [-0.15, -0.1) is 0 Å². The van der Waals surface area contributed by atoms with Crippen molar-refractivity contribution in [1.82, 2.24) is 4.90 Å². The summed E-state index contributed by atoms with van der Waals surface area (Å²) in [4.78, 5) is 27.2. The zero-order valence-corrected chi connectivity index (χ0v) is 20.2. The van der Waals surface area contributed by atoms with Crippen molar-refractivity contribution in [3.05, 3.63) is 75.9 Å². The maximum Gasteiger partial charge on any atom is 0.271 e. The van der Waals surface area contributed by atoms with Crippen molar-refractivity contribution in [2.24, 2.45) is 0 Å². The summed E-state index contributed by atoms with van der Waals surface area (Å²) in [6.07, 6.45) is 3.15. The highest BCUT2D eigenvalue weighted by atomic mass is 16.5. The highest BCUT2D eigenvalue weighted by Gasteiger charge is 2.37. The summed E-state index contributed by atoms with van der Waals surface area (Å²) in [6, 6.07) is 15.4. The van der Waals surface area contributed by atoms with Crippen LogP contribution in [-0.2, 0) is 20.9 Å². The van der Waals surface area contributed by atoms with E-state index in [2.05, 4.69) is 0 Å². The molecule has 1 atom stereocenters. The van der Waals surface area contributed by atoms with Crippen LogP contribution in [0.5, 0.6) is 11.5 Å². The van der Waals surface area contributed by atoms with Gasteiger partial charge in [0.25, 0.3) is 11.8 Å². The van der Waals surface area contributed by atoms with E-state index in [0.717, 1.165) is 23.3 Å². The fourth-order valence-electron chi connectivity index (χ4n) is 4.19. The van der Waals surface area contributed by atoms with E-state index in [9.17, 15) is 14.9 Å². The van der Waals surface area contributed by atoms with Gasteiger partial charge in [-0.2, -0.15) is 5.26 Å². The highest BCUT2D eigenvalue weighted by molar-refractivity contribution is 6.19. The van der Waals surface area contributed by atoms with Crippen LogP contribution in [0.4, 0.5) is 0 Å². The largest absolute Gasteiger partial charge is 0.493 e. The number of benzene rings is 2. The van der Waals surface area contributed by atoms with E-state index in [-0.39, 0.29) is 18.2 Å². The molecule has 180 valence electrons. The molecule has 0 bridgehead atoms. The van der Waals surface area contributed by atoms with Gasteiger partial charge in [0.1, 0.15) is 18.2 Å². The Balaban J connectivity index is 1.60. The summed E-state index contributed by atoms with van der Waals surface area (Å²) >= 11 is 0. The van der Waals surface area contributed by atoms with Gasteiger partial charge in [0, 0.05) is 12.2 Å². The van der Waals surface area contributed by atoms with Crippen LogP contribution in [0.1, 0.15) is 36.5 Å². The van der Waals surface area contributed by atoms with Gasteiger partial charge in [0.15, 0.2) is 11.5 Å². The molecular weight excluding hydrogens is 444 g/mol. The number of nitriles is 1. The highest BCUT2D eigenvalue weighted by Crippen LogP contribution is 2.32. The molecule has 2 aliphatic heterocycles. The molecule has 0 spiro atoms. The van der Waals surface area contributed by atoms with E-state index >= 15 is 0 Å². The molecule has 4 rings (SSSR count). The molecule has 2 aromatic carbocycles. The Morgan fingerprint density at radius 1 is 1.11 bits per heavy atom. The Bertz CT molecular complexity index is 1230. The smallest absolute Gasteiger partial charge is 0.271 e. The first-order chi connectivity index (χ1) is 16.9. The Morgan fingerprint density at radius 3 is 2.54 bits per heavy atom. The number of hydrogen-bond acceptors (Lipinski definition) is 6. The Kier molecular flexibility index (Phi) is 7.33. The molecule has 0 aromatic heterocycles.